The molecule has 2 heteroatoms. The van der Waals surface area contributed by atoms with Crippen LogP contribution in [0.1, 0.15) is 45.7 Å². The van der Waals surface area contributed by atoms with E-state index in [-0.39, 0.29) is 5.41 Å². The number of hydrogen-bond donors (Lipinski definition) is 0. The van der Waals surface area contributed by atoms with Crippen LogP contribution in [0.5, 0.6) is 5.75 Å². The van der Waals surface area contributed by atoms with Gasteiger partial charge in [0.15, 0.2) is 0 Å². The van der Waals surface area contributed by atoms with E-state index in [9.17, 15) is 0 Å². The molecule has 25 heavy (non-hydrogen) atoms. The van der Waals surface area contributed by atoms with E-state index in [1.165, 1.54) is 5.56 Å². The van der Waals surface area contributed by atoms with Crippen molar-refractivity contribution in [3.8, 4) is 17.6 Å². The second-order valence-corrected chi connectivity index (χ2v) is 8.06. The molecule has 0 heterocycles. The Labute approximate surface area is 156 Å². The summed E-state index contributed by atoms with van der Waals surface area (Å²) in [5, 5.41) is 0.683. The maximum absolute atomic E-state index is 6.01. The van der Waals surface area contributed by atoms with Gasteiger partial charge in [-0.3, -0.25) is 0 Å². The average Bonchev–Trinajstić information content (AvgIpc) is 2.54. The van der Waals surface area contributed by atoms with Crippen LogP contribution in [0.4, 0.5) is 0 Å². The monoisotopic (exact) mass is 352 g/mol. The topological polar surface area (TPSA) is 9.23 Å². The van der Waals surface area contributed by atoms with Crippen LogP contribution in [0.2, 0.25) is 5.02 Å². The van der Waals surface area contributed by atoms with Gasteiger partial charge < -0.3 is 4.74 Å². The lowest BCUT2D eigenvalue weighted by Gasteiger charge is -2.26. The summed E-state index contributed by atoms with van der Waals surface area (Å²) >= 11 is 5.91. The van der Waals surface area contributed by atoms with E-state index >= 15 is 0 Å². The molecule has 0 aromatic heterocycles. The zero-order chi connectivity index (χ0) is 18.7. The van der Waals surface area contributed by atoms with Crippen molar-refractivity contribution in [3.05, 3.63) is 76.8 Å². The van der Waals surface area contributed by atoms with E-state index in [1.54, 1.807) is 12.1 Å². The Balaban J connectivity index is 2.10. The van der Waals surface area contributed by atoms with Crippen LogP contribution in [-0.4, -0.2) is 5.60 Å². The van der Waals surface area contributed by atoms with Gasteiger partial charge in [0, 0.05) is 16.2 Å². The molecule has 0 aliphatic carbocycles. The molecule has 2 aromatic carbocycles. The molecule has 0 saturated carbocycles. The van der Waals surface area contributed by atoms with Crippen molar-refractivity contribution in [1.82, 2.24) is 0 Å². The van der Waals surface area contributed by atoms with Gasteiger partial charge >= 0.3 is 0 Å². The maximum atomic E-state index is 6.01. The number of rotatable bonds is 3. The summed E-state index contributed by atoms with van der Waals surface area (Å²) in [7, 11) is 0. The molecular formula is C23H25ClO. The van der Waals surface area contributed by atoms with Gasteiger partial charge in [-0.25, -0.2) is 0 Å². The molecule has 1 nitrogen and oxygen atoms in total. The Hall–Kier alpha value is -2.17. The molecule has 130 valence electrons. The van der Waals surface area contributed by atoms with Gasteiger partial charge in [-0.05, 0) is 61.2 Å². The summed E-state index contributed by atoms with van der Waals surface area (Å²) in [5.74, 6) is 7.05. The Morgan fingerprint density at radius 1 is 0.920 bits per heavy atom. The van der Waals surface area contributed by atoms with Gasteiger partial charge in [0.2, 0.25) is 0 Å². The molecule has 0 amide bonds. The number of halogens is 1. The Morgan fingerprint density at radius 2 is 1.48 bits per heavy atom. The van der Waals surface area contributed by atoms with Crippen LogP contribution in [-0.2, 0) is 5.41 Å². The van der Waals surface area contributed by atoms with Gasteiger partial charge in [-0.1, -0.05) is 62.9 Å². The first-order valence-electron chi connectivity index (χ1n) is 8.34. The van der Waals surface area contributed by atoms with Crippen molar-refractivity contribution in [2.45, 2.75) is 45.6 Å². The largest absolute Gasteiger partial charge is 0.483 e. The summed E-state index contributed by atoms with van der Waals surface area (Å²) in [5.41, 5.74) is 2.54. The second-order valence-electron chi connectivity index (χ2n) is 7.62. The SMILES string of the molecule is C=C(C#Cc1ccc(C(C)(C)C)cc1)C(C)(C)Oc1ccc(Cl)cc1. The summed E-state index contributed by atoms with van der Waals surface area (Å²) in [6.45, 7) is 14.6. The summed E-state index contributed by atoms with van der Waals surface area (Å²) in [4.78, 5) is 0. The molecule has 0 aliphatic rings. The molecule has 0 unspecified atom stereocenters. The zero-order valence-corrected chi connectivity index (χ0v) is 16.4. The molecule has 0 aliphatic heterocycles. The molecule has 0 N–H and O–H groups in total. The molecule has 0 spiro atoms. The van der Waals surface area contributed by atoms with E-state index in [4.69, 9.17) is 16.3 Å². The van der Waals surface area contributed by atoms with E-state index in [1.807, 2.05) is 38.1 Å². The number of ether oxygens (including phenoxy) is 1. The molecule has 2 rings (SSSR count). The van der Waals surface area contributed by atoms with Crippen LogP contribution in [0.3, 0.4) is 0 Å². The van der Waals surface area contributed by atoms with Crippen molar-refractivity contribution < 1.29 is 4.74 Å². The lowest BCUT2D eigenvalue weighted by Crippen LogP contribution is -2.29. The van der Waals surface area contributed by atoms with E-state index in [0.29, 0.717) is 5.02 Å². The fourth-order valence-corrected chi connectivity index (χ4v) is 2.34. The minimum absolute atomic E-state index is 0.143. The highest BCUT2D eigenvalue weighted by Gasteiger charge is 2.22. The second kappa shape index (κ2) is 7.38. The molecule has 0 atom stereocenters. The highest BCUT2D eigenvalue weighted by atomic mass is 35.5. The first kappa shape index (κ1) is 19.2. The summed E-state index contributed by atoms with van der Waals surface area (Å²) < 4.78 is 6.01. The highest BCUT2D eigenvalue weighted by Crippen LogP contribution is 2.25. The van der Waals surface area contributed by atoms with Crippen LogP contribution in [0.15, 0.2) is 60.7 Å². The molecule has 0 radical (unpaired) electrons. The van der Waals surface area contributed by atoms with Gasteiger partial charge in [0.1, 0.15) is 11.4 Å². The summed E-state index contributed by atoms with van der Waals surface area (Å²) in [6, 6.07) is 15.6. The smallest absolute Gasteiger partial charge is 0.135 e. The maximum Gasteiger partial charge on any atom is 0.135 e. The lowest BCUT2D eigenvalue weighted by molar-refractivity contribution is 0.154. The first-order chi connectivity index (χ1) is 11.6. The average molecular weight is 353 g/mol. The third kappa shape index (κ3) is 5.41. The highest BCUT2D eigenvalue weighted by molar-refractivity contribution is 6.30. The standard InChI is InChI=1S/C23H25ClO/c1-17(23(5,6)25-21-15-13-20(24)14-16-21)7-8-18-9-11-19(12-10-18)22(2,3)4/h9-16H,1H2,2-6H3. The molecule has 0 fully saturated rings. The summed E-state index contributed by atoms with van der Waals surface area (Å²) in [6.07, 6.45) is 0. The molecule has 0 bridgehead atoms. The van der Waals surface area contributed by atoms with Gasteiger partial charge in [-0.15, -0.1) is 0 Å². The van der Waals surface area contributed by atoms with Crippen LogP contribution in [0.25, 0.3) is 0 Å². The van der Waals surface area contributed by atoms with E-state index in [0.717, 1.165) is 16.9 Å². The van der Waals surface area contributed by atoms with Crippen molar-refractivity contribution in [2.75, 3.05) is 0 Å². The predicted octanol–water partition coefficient (Wildman–Crippen LogP) is 6.40. The Bertz CT molecular complexity index is 794. The van der Waals surface area contributed by atoms with Crippen molar-refractivity contribution in [2.24, 2.45) is 0 Å². The lowest BCUT2D eigenvalue weighted by atomic mass is 9.87. The Kier molecular flexibility index (Phi) is 5.65. The van der Waals surface area contributed by atoms with Crippen LogP contribution >= 0.6 is 11.6 Å². The van der Waals surface area contributed by atoms with Crippen molar-refractivity contribution in [3.63, 3.8) is 0 Å². The first-order valence-corrected chi connectivity index (χ1v) is 8.72. The fraction of sp³-hybridized carbons (Fsp3) is 0.304. The normalized spacial score (nSPS) is 11.4. The van der Waals surface area contributed by atoms with Crippen molar-refractivity contribution >= 4 is 11.6 Å². The van der Waals surface area contributed by atoms with Gasteiger partial charge in [0.05, 0.1) is 0 Å². The van der Waals surface area contributed by atoms with Crippen LogP contribution in [0, 0.1) is 11.8 Å². The molecular weight excluding hydrogens is 328 g/mol. The molecule has 2 aromatic rings. The quantitative estimate of drug-likeness (QED) is 0.580. The predicted molar refractivity (Wildman–Crippen MR) is 107 cm³/mol. The minimum atomic E-state index is -0.591. The number of hydrogen-bond acceptors (Lipinski definition) is 1. The molecule has 0 saturated heterocycles. The number of benzene rings is 2. The zero-order valence-electron chi connectivity index (χ0n) is 15.6. The minimum Gasteiger partial charge on any atom is -0.483 e. The van der Waals surface area contributed by atoms with E-state index < -0.39 is 5.60 Å². The van der Waals surface area contributed by atoms with E-state index in [2.05, 4.69) is 51.3 Å². The van der Waals surface area contributed by atoms with Gasteiger partial charge in [0.25, 0.3) is 0 Å². The third-order valence-corrected chi connectivity index (χ3v) is 4.27. The fourth-order valence-electron chi connectivity index (χ4n) is 2.21. The third-order valence-electron chi connectivity index (χ3n) is 4.02. The van der Waals surface area contributed by atoms with Crippen LogP contribution < -0.4 is 4.74 Å². The van der Waals surface area contributed by atoms with Crippen molar-refractivity contribution in [1.29, 1.82) is 0 Å². The van der Waals surface area contributed by atoms with Gasteiger partial charge in [-0.2, -0.15) is 0 Å². The Morgan fingerprint density at radius 3 is 2.00 bits per heavy atom.